The van der Waals surface area contributed by atoms with E-state index >= 15 is 0 Å². The van der Waals surface area contributed by atoms with Crippen molar-refractivity contribution in [1.82, 2.24) is 25.8 Å². The van der Waals surface area contributed by atoms with Crippen LogP contribution in [0.25, 0.3) is 10.9 Å². The molecule has 0 aliphatic carbocycles. The fourth-order valence-corrected chi connectivity index (χ4v) is 4.73. The lowest BCUT2D eigenvalue weighted by Crippen LogP contribution is -2.54. The molecule has 13 heteroatoms. The van der Waals surface area contributed by atoms with E-state index in [1.54, 1.807) is 12.1 Å². The highest BCUT2D eigenvalue weighted by Gasteiger charge is 2.27. The highest BCUT2D eigenvalue weighted by molar-refractivity contribution is 6.03. The van der Waals surface area contributed by atoms with Crippen LogP contribution in [-0.4, -0.2) is 63.0 Å². The van der Waals surface area contributed by atoms with Gasteiger partial charge in [-0.05, 0) is 35.6 Å². The van der Waals surface area contributed by atoms with Crippen molar-refractivity contribution in [2.45, 2.75) is 52.2 Å². The van der Waals surface area contributed by atoms with Crippen molar-refractivity contribution < 1.29 is 34.2 Å². The minimum atomic E-state index is -1.32. The summed E-state index contributed by atoms with van der Waals surface area (Å²) >= 11 is 0. The Labute approximate surface area is 253 Å². The molecule has 1 heterocycles. The fourth-order valence-electron chi connectivity index (χ4n) is 4.73. The maximum atomic E-state index is 13.3. The molecule has 0 bridgehead atoms. The van der Waals surface area contributed by atoms with Crippen LogP contribution in [0.2, 0.25) is 0 Å². The number of amides is 4. The van der Waals surface area contributed by atoms with E-state index < -0.39 is 59.2 Å². The third-order valence-corrected chi connectivity index (χ3v) is 6.84. The van der Waals surface area contributed by atoms with Crippen molar-refractivity contribution in [2.24, 2.45) is 13.0 Å². The number of fused-ring (bicyclic) bond motifs is 1. The van der Waals surface area contributed by atoms with Crippen LogP contribution in [0.15, 0.2) is 53.3 Å². The lowest BCUT2D eigenvalue weighted by molar-refractivity contribution is -0.135. The molecule has 13 nitrogen and oxygen atoms in total. The van der Waals surface area contributed by atoms with Gasteiger partial charge in [-0.3, -0.25) is 28.8 Å². The van der Waals surface area contributed by atoms with Crippen LogP contribution in [0.3, 0.4) is 0 Å². The van der Waals surface area contributed by atoms with E-state index in [2.05, 4.69) is 21.3 Å². The van der Waals surface area contributed by atoms with E-state index in [4.69, 9.17) is 5.11 Å². The topological polar surface area (TPSA) is 196 Å². The van der Waals surface area contributed by atoms with Crippen LogP contribution in [0, 0.1) is 5.92 Å². The number of nitrogens with zero attached hydrogens (tertiary/aromatic N) is 1. The quantitative estimate of drug-likeness (QED) is 0.165. The van der Waals surface area contributed by atoms with Crippen LogP contribution in [0.4, 0.5) is 0 Å². The predicted octanol–water partition coefficient (Wildman–Crippen LogP) is 0.953. The zero-order valence-electron chi connectivity index (χ0n) is 25.0. The molecule has 4 amide bonds. The van der Waals surface area contributed by atoms with Crippen molar-refractivity contribution in [1.29, 1.82) is 0 Å². The molecule has 2 atom stereocenters. The lowest BCUT2D eigenvalue weighted by atomic mass is 10.0. The molecule has 234 valence electrons. The third kappa shape index (κ3) is 8.66. The number of hydrogen-bond donors (Lipinski definition) is 6. The van der Waals surface area contributed by atoms with E-state index in [1.165, 1.54) is 20.0 Å². The Hall–Kier alpha value is -5.20. The van der Waals surface area contributed by atoms with Gasteiger partial charge in [-0.1, -0.05) is 50.2 Å². The first kappa shape index (κ1) is 33.3. The van der Waals surface area contributed by atoms with Gasteiger partial charge in [0.25, 0.3) is 11.5 Å². The average Bonchev–Trinajstić information content (AvgIpc) is 2.97. The Morgan fingerprint density at radius 2 is 1.57 bits per heavy atom. The number of carbonyl (C=O) groups excluding carboxylic acids is 4. The lowest BCUT2D eigenvalue weighted by Gasteiger charge is -2.24. The Balaban J connectivity index is 1.80. The summed E-state index contributed by atoms with van der Waals surface area (Å²) in [5.41, 5.74) is 0.254. The SMILES string of the molecule is CC(=O)N[C@@H](Cc1ccccc1)C(=O)N[C@@H](CC(C)C)C(=O)NCc1ccc2c(c1)c(O)c(C(=O)NCC(=O)O)c(=O)n2C. The Bertz CT molecular complexity index is 1620. The maximum absolute atomic E-state index is 13.3. The molecule has 0 saturated carbocycles. The van der Waals surface area contributed by atoms with E-state index in [0.29, 0.717) is 17.5 Å². The normalized spacial score (nSPS) is 12.3. The molecule has 0 spiro atoms. The van der Waals surface area contributed by atoms with E-state index in [-0.39, 0.29) is 30.2 Å². The summed E-state index contributed by atoms with van der Waals surface area (Å²) in [6.07, 6.45) is 0.562. The number of aromatic nitrogens is 1. The second-order valence-electron chi connectivity index (χ2n) is 10.9. The van der Waals surface area contributed by atoms with Crippen molar-refractivity contribution in [2.75, 3.05) is 6.54 Å². The predicted molar refractivity (Wildman–Crippen MR) is 162 cm³/mol. The highest BCUT2D eigenvalue weighted by Crippen LogP contribution is 2.27. The van der Waals surface area contributed by atoms with Gasteiger partial charge in [0.05, 0.1) is 5.52 Å². The largest absolute Gasteiger partial charge is 0.506 e. The van der Waals surface area contributed by atoms with Crippen LogP contribution in [0.5, 0.6) is 5.75 Å². The zero-order chi connectivity index (χ0) is 32.6. The molecule has 44 heavy (non-hydrogen) atoms. The Kier molecular flexibility index (Phi) is 11.2. The Morgan fingerprint density at radius 3 is 2.18 bits per heavy atom. The molecule has 3 rings (SSSR count). The number of nitrogens with one attached hydrogen (secondary N) is 4. The first-order valence-electron chi connectivity index (χ1n) is 14.0. The number of benzene rings is 2. The fraction of sp³-hybridized carbons (Fsp3) is 0.355. The summed E-state index contributed by atoms with van der Waals surface area (Å²) in [5, 5.41) is 30.1. The number of aryl methyl sites for hydroxylation is 1. The smallest absolute Gasteiger partial charge is 0.322 e. The monoisotopic (exact) mass is 607 g/mol. The molecule has 2 aromatic carbocycles. The molecular weight excluding hydrogens is 570 g/mol. The number of carbonyl (C=O) groups is 5. The van der Waals surface area contributed by atoms with Gasteiger partial charge in [-0.15, -0.1) is 0 Å². The number of pyridine rings is 1. The average molecular weight is 608 g/mol. The molecule has 0 aliphatic heterocycles. The second-order valence-corrected chi connectivity index (χ2v) is 10.9. The zero-order valence-corrected chi connectivity index (χ0v) is 25.0. The van der Waals surface area contributed by atoms with Crippen molar-refractivity contribution in [3.63, 3.8) is 0 Å². The van der Waals surface area contributed by atoms with Crippen LogP contribution < -0.4 is 26.8 Å². The Morgan fingerprint density at radius 1 is 0.886 bits per heavy atom. The number of hydrogen-bond acceptors (Lipinski definition) is 7. The molecule has 3 aromatic rings. The number of rotatable bonds is 13. The maximum Gasteiger partial charge on any atom is 0.322 e. The first-order chi connectivity index (χ1) is 20.8. The number of aromatic hydroxyl groups is 1. The minimum Gasteiger partial charge on any atom is -0.506 e. The van der Waals surface area contributed by atoms with E-state index in [1.807, 2.05) is 44.2 Å². The van der Waals surface area contributed by atoms with Gasteiger partial charge in [-0.2, -0.15) is 0 Å². The summed E-state index contributed by atoms with van der Waals surface area (Å²) in [6.45, 7) is 4.37. The third-order valence-electron chi connectivity index (χ3n) is 6.84. The number of carboxylic acid groups (broad SMARTS) is 1. The molecule has 0 saturated heterocycles. The van der Waals surface area contributed by atoms with Gasteiger partial charge >= 0.3 is 5.97 Å². The van der Waals surface area contributed by atoms with Crippen molar-refractivity contribution in [3.05, 3.63) is 75.6 Å². The number of aliphatic carboxylic acids is 1. The van der Waals surface area contributed by atoms with Gasteiger partial charge in [-0.25, -0.2) is 0 Å². The van der Waals surface area contributed by atoms with Crippen LogP contribution in [-0.2, 0) is 39.2 Å². The molecule has 0 fully saturated rings. The van der Waals surface area contributed by atoms with Crippen LogP contribution in [0.1, 0.15) is 48.7 Å². The van der Waals surface area contributed by atoms with E-state index in [9.17, 15) is 33.9 Å². The highest BCUT2D eigenvalue weighted by atomic mass is 16.4. The van der Waals surface area contributed by atoms with Gasteiger partial charge in [0.15, 0.2) is 0 Å². The first-order valence-corrected chi connectivity index (χ1v) is 14.0. The van der Waals surface area contributed by atoms with Gasteiger partial charge < -0.3 is 36.0 Å². The summed E-state index contributed by atoms with van der Waals surface area (Å²) in [5.74, 6) is -4.28. The molecule has 0 aliphatic rings. The van der Waals surface area contributed by atoms with Gasteiger partial charge in [0.2, 0.25) is 17.7 Å². The van der Waals surface area contributed by atoms with Crippen LogP contribution >= 0.6 is 0 Å². The summed E-state index contributed by atoms with van der Waals surface area (Å²) in [6, 6.07) is 12.1. The standard InChI is InChI=1S/C31H37N5O8/c1-17(2)12-22(35-29(42)23(34-18(3)37)14-19-8-6-5-7-9-19)28(41)32-15-20-10-11-24-21(13-20)27(40)26(31(44)36(24)4)30(43)33-16-25(38)39/h5-11,13,17,22-23,40H,12,14-16H2,1-4H3,(H,32,41)(H,33,43)(H,34,37)(H,35,42)(H,38,39)/t22-,23-/m0/s1. The molecule has 0 radical (unpaired) electrons. The summed E-state index contributed by atoms with van der Waals surface area (Å²) in [7, 11) is 1.41. The summed E-state index contributed by atoms with van der Waals surface area (Å²) < 4.78 is 1.15. The van der Waals surface area contributed by atoms with E-state index in [0.717, 1.165) is 10.1 Å². The minimum absolute atomic E-state index is 0.0127. The van der Waals surface area contributed by atoms with Crippen molar-refractivity contribution >= 4 is 40.5 Å². The molecule has 6 N–H and O–H groups in total. The summed E-state index contributed by atoms with van der Waals surface area (Å²) in [4.78, 5) is 74.4. The van der Waals surface area contributed by atoms with Gasteiger partial charge in [0.1, 0.15) is 29.9 Å². The molecular formula is C31H37N5O8. The van der Waals surface area contributed by atoms with Crippen molar-refractivity contribution in [3.8, 4) is 5.75 Å². The number of carboxylic acids is 1. The molecule has 1 aromatic heterocycles. The molecule has 0 unspecified atom stereocenters. The van der Waals surface area contributed by atoms with Gasteiger partial charge in [0, 0.05) is 32.3 Å². The second kappa shape index (κ2) is 14.8.